The molecule has 3 nitrogen and oxygen atoms in total. The number of rotatable bonds is 5. The van der Waals surface area contributed by atoms with Gasteiger partial charge in [0.25, 0.3) is 5.91 Å². The molecule has 0 aromatic heterocycles. The van der Waals surface area contributed by atoms with Gasteiger partial charge in [0.15, 0.2) is 6.10 Å². The summed E-state index contributed by atoms with van der Waals surface area (Å²) < 4.78 is 6.73. The lowest BCUT2D eigenvalue weighted by atomic mass is 10.1. The van der Waals surface area contributed by atoms with Crippen LogP contribution in [-0.4, -0.2) is 18.6 Å². The molecule has 106 valence electrons. The molecular formula is C16H18BrNO2. The van der Waals surface area contributed by atoms with E-state index < -0.39 is 6.10 Å². The van der Waals surface area contributed by atoms with E-state index in [1.165, 1.54) is 0 Å². The van der Waals surface area contributed by atoms with Crippen LogP contribution in [0.2, 0.25) is 0 Å². The Kier molecular flexibility index (Phi) is 5.01. The van der Waals surface area contributed by atoms with Gasteiger partial charge in [-0.3, -0.25) is 4.79 Å². The normalized spacial score (nSPS) is 12.2. The molecule has 2 aromatic rings. The highest BCUT2D eigenvalue weighted by Gasteiger charge is 2.13. The molecule has 0 aliphatic carbocycles. The number of ether oxygens (including phenoxy) is 1. The van der Waals surface area contributed by atoms with E-state index in [4.69, 9.17) is 4.74 Å². The molecule has 0 aliphatic heterocycles. The van der Waals surface area contributed by atoms with E-state index in [9.17, 15) is 4.79 Å². The van der Waals surface area contributed by atoms with Crippen molar-refractivity contribution in [1.29, 1.82) is 0 Å². The zero-order valence-electron chi connectivity index (χ0n) is 11.7. The zero-order valence-corrected chi connectivity index (χ0v) is 13.2. The SMILES string of the molecule is CCCNC(=O)C(C)Oc1ccc2cc(Br)ccc2c1. The summed E-state index contributed by atoms with van der Waals surface area (Å²) in [4.78, 5) is 11.8. The van der Waals surface area contributed by atoms with Crippen LogP contribution in [0.25, 0.3) is 10.8 Å². The molecule has 0 saturated heterocycles. The summed E-state index contributed by atoms with van der Waals surface area (Å²) in [6.45, 7) is 4.46. The molecule has 1 atom stereocenters. The summed E-state index contributed by atoms with van der Waals surface area (Å²) in [5, 5.41) is 5.05. The van der Waals surface area contributed by atoms with Crippen LogP contribution in [0.5, 0.6) is 5.75 Å². The molecule has 2 rings (SSSR count). The molecule has 1 unspecified atom stereocenters. The first-order chi connectivity index (χ1) is 9.60. The Morgan fingerprint density at radius 2 is 1.95 bits per heavy atom. The predicted octanol–water partition coefficient (Wildman–Crippen LogP) is 3.90. The minimum absolute atomic E-state index is 0.0808. The van der Waals surface area contributed by atoms with Gasteiger partial charge in [0.2, 0.25) is 0 Å². The molecule has 0 bridgehead atoms. The van der Waals surface area contributed by atoms with E-state index in [0.717, 1.165) is 21.7 Å². The van der Waals surface area contributed by atoms with Crippen molar-refractivity contribution in [2.24, 2.45) is 0 Å². The molecule has 4 heteroatoms. The monoisotopic (exact) mass is 335 g/mol. The van der Waals surface area contributed by atoms with E-state index in [-0.39, 0.29) is 5.91 Å². The van der Waals surface area contributed by atoms with Gasteiger partial charge in [-0.25, -0.2) is 0 Å². The Morgan fingerprint density at radius 1 is 1.25 bits per heavy atom. The van der Waals surface area contributed by atoms with Crippen LogP contribution in [-0.2, 0) is 4.79 Å². The summed E-state index contributed by atoms with van der Waals surface area (Å²) in [5.74, 6) is 0.627. The van der Waals surface area contributed by atoms with Crippen LogP contribution in [0.4, 0.5) is 0 Å². The van der Waals surface area contributed by atoms with Gasteiger partial charge >= 0.3 is 0 Å². The Hall–Kier alpha value is -1.55. The summed E-state index contributed by atoms with van der Waals surface area (Å²) in [6, 6.07) is 11.9. The number of hydrogen-bond donors (Lipinski definition) is 1. The molecular weight excluding hydrogens is 318 g/mol. The van der Waals surface area contributed by atoms with Gasteiger partial charge < -0.3 is 10.1 Å². The fraction of sp³-hybridized carbons (Fsp3) is 0.312. The topological polar surface area (TPSA) is 38.3 Å². The first kappa shape index (κ1) is 14.9. The second-order valence-corrected chi connectivity index (χ2v) is 5.62. The third-order valence-electron chi connectivity index (χ3n) is 3.01. The summed E-state index contributed by atoms with van der Waals surface area (Å²) in [7, 11) is 0. The Labute approximate surface area is 127 Å². The van der Waals surface area contributed by atoms with Gasteiger partial charge in [0.1, 0.15) is 5.75 Å². The van der Waals surface area contributed by atoms with Crippen molar-refractivity contribution in [3.63, 3.8) is 0 Å². The minimum atomic E-state index is -0.491. The average Bonchev–Trinajstić information content (AvgIpc) is 2.44. The van der Waals surface area contributed by atoms with Gasteiger partial charge in [-0.1, -0.05) is 35.0 Å². The molecule has 0 saturated carbocycles. The van der Waals surface area contributed by atoms with Crippen molar-refractivity contribution in [3.05, 3.63) is 40.9 Å². The highest BCUT2D eigenvalue weighted by Crippen LogP contribution is 2.24. The number of amides is 1. The minimum Gasteiger partial charge on any atom is -0.481 e. The number of carbonyl (C=O) groups excluding carboxylic acids is 1. The molecule has 1 amide bonds. The fourth-order valence-corrected chi connectivity index (χ4v) is 2.30. The lowest BCUT2D eigenvalue weighted by Crippen LogP contribution is -2.36. The van der Waals surface area contributed by atoms with E-state index in [0.29, 0.717) is 12.3 Å². The van der Waals surface area contributed by atoms with Crippen LogP contribution >= 0.6 is 15.9 Å². The average molecular weight is 336 g/mol. The summed E-state index contributed by atoms with van der Waals surface area (Å²) >= 11 is 3.45. The first-order valence-corrected chi connectivity index (χ1v) is 7.53. The maximum atomic E-state index is 11.8. The van der Waals surface area contributed by atoms with Crippen LogP contribution in [0.15, 0.2) is 40.9 Å². The molecule has 1 N–H and O–H groups in total. The summed E-state index contributed by atoms with van der Waals surface area (Å²) in [6.07, 6.45) is 0.429. The number of benzene rings is 2. The van der Waals surface area contributed by atoms with Gasteiger partial charge in [0, 0.05) is 11.0 Å². The third kappa shape index (κ3) is 3.73. The maximum absolute atomic E-state index is 11.8. The maximum Gasteiger partial charge on any atom is 0.260 e. The van der Waals surface area contributed by atoms with E-state index in [1.54, 1.807) is 6.92 Å². The van der Waals surface area contributed by atoms with Crippen LogP contribution < -0.4 is 10.1 Å². The number of hydrogen-bond acceptors (Lipinski definition) is 2. The molecule has 0 radical (unpaired) electrons. The van der Waals surface area contributed by atoms with Gasteiger partial charge in [-0.2, -0.15) is 0 Å². The standard InChI is InChI=1S/C16H18BrNO2/c1-3-8-18-16(19)11(2)20-15-7-5-12-9-14(17)6-4-13(12)10-15/h4-7,9-11H,3,8H2,1-2H3,(H,18,19). The Balaban J connectivity index is 2.09. The van der Waals surface area contributed by atoms with Crippen molar-refractivity contribution in [3.8, 4) is 5.75 Å². The van der Waals surface area contributed by atoms with E-state index in [1.807, 2.05) is 37.3 Å². The Bertz CT molecular complexity index is 612. The molecule has 20 heavy (non-hydrogen) atoms. The number of halogens is 1. The van der Waals surface area contributed by atoms with Gasteiger partial charge in [0.05, 0.1) is 0 Å². The predicted molar refractivity (Wildman–Crippen MR) is 85.0 cm³/mol. The second-order valence-electron chi connectivity index (χ2n) is 4.70. The first-order valence-electron chi connectivity index (χ1n) is 6.74. The molecule has 0 aliphatic rings. The Morgan fingerprint density at radius 3 is 2.70 bits per heavy atom. The zero-order chi connectivity index (χ0) is 14.5. The number of nitrogens with one attached hydrogen (secondary N) is 1. The fourth-order valence-electron chi connectivity index (χ4n) is 1.92. The lowest BCUT2D eigenvalue weighted by Gasteiger charge is -2.15. The lowest BCUT2D eigenvalue weighted by molar-refractivity contribution is -0.127. The smallest absolute Gasteiger partial charge is 0.260 e. The molecule has 0 fully saturated rings. The highest BCUT2D eigenvalue weighted by atomic mass is 79.9. The molecule has 2 aromatic carbocycles. The van der Waals surface area contributed by atoms with Crippen molar-refractivity contribution in [2.75, 3.05) is 6.54 Å². The van der Waals surface area contributed by atoms with Crippen molar-refractivity contribution in [1.82, 2.24) is 5.32 Å². The van der Waals surface area contributed by atoms with E-state index in [2.05, 4.69) is 27.3 Å². The third-order valence-corrected chi connectivity index (χ3v) is 3.50. The summed E-state index contributed by atoms with van der Waals surface area (Å²) in [5.41, 5.74) is 0. The molecule has 0 spiro atoms. The molecule has 0 heterocycles. The van der Waals surface area contributed by atoms with Crippen LogP contribution in [0.1, 0.15) is 20.3 Å². The second kappa shape index (κ2) is 6.75. The number of carbonyl (C=O) groups is 1. The van der Waals surface area contributed by atoms with Crippen molar-refractivity contribution < 1.29 is 9.53 Å². The quantitative estimate of drug-likeness (QED) is 0.899. The number of fused-ring (bicyclic) bond motifs is 1. The highest BCUT2D eigenvalue weighted by molar-refractivity contribution is 9.10. The largest absolute Gasteiger partial charge is 0.481 e. The van der Waals surface area contributed by atoms with Gasteiger partial charge in [-0.15, -0.1) is 0 Å². The van der Waals surface area contributed by atoms with Crippen molar-refractivity contribution in [2.45, 2.75) is 26.4 Å². The van der Waals surface area contributed by atoms with E-state index >= 15 is 0 Å². The van der Waals surface area contributed by atoms with Crippen LogP contribution in [0, 0.1) is 0 Å². The van der Waals surface area contributed by atoms with Gasteiger partial charge in [-0.05, 0) is 48.4 Å². The van der Waals surface area contributed by atoms with Crippen LogP contribution in [0.3, 0.4) is 0 Å². The van der Waals surface area contributed by atoms with Crippen molar-refractivity contribution >= 4 is 32.6 Å².